The summed E-state index contributed by atoms with van der Waals surface area (Å²) in [5, 5.41) is 0. The van der Waals surface area contributed by atoms with Crippen molar-refractivity contribution in [1.29, 1.82) is 0 Å². The zero-order chi connectivity index (χ0) is 14.6. The summed E-state index contributed by atoms with van der Waals surface area (Å²) in [5.41, 5.74) is 5.94. The molecule has 0 amide bonds. The van der Waals surface area contributed by atoms with Crippen molar-refractivity contribution in [2.24, 2.45) is 0 Å². The Kier molecular flexibility index (Phi) is 5.28. The fourth-order valence-corrected chi connectivity index (χ4v) is 2.70. The molecule has 0 aliphatic carbocycles. The maximum atomic E-state index is 13.8. The number of hydrogen-bond acceptors (Lipinski definition) is 4. The molecule has 19 heavy (non-hydrogen) atoms. The summed E-state index contributed by atoms with van der Waals surface area (Å²) in [6.45, 7) is 5.45. The lowest BCUT2D eigenvalue weighted by molar-refractivity contribution is 0.0834. The topological polar surface area (TPSA) is 81.4 Å². The van der Waals surface area contributed by atoms with Gasteiger partial charge in [-0.3, -0.25) is 0 Å². The lowest BCUT2D eigenvalue weighted by atomic mass is 10.2. The van der Waals surface area contributed by atoms with E-state index >= 15 is 0 Å². The van der Waals surface area contributed by atoms with Crippen LogP contribution in [0.25, 0.3) is 0 Å². The highest BCUT2D eigenvalue weighted by molar-refractivity contribution is 7.89. The van der Waals surface area contributed by atoms with Gasteiger partial charge in [0.1, 0.15) is 10.7 Å². The smallest absolute Gasteiger partial charge is 0.243 e. The molecular weight excluding hydrogens is 271 g/mol. The number of halogens is 1. The number of nitrogens with two attached hydrogens (primary N) is 1. The summed E-state index contributed by atoms with van der Waals surface area (Å²) in [7, 11) is -3.92. The van der Waals surface area contributed by atoms with E-state index < -0.39 is 20.7 Å². The second-order valence-corrected chi connectivity index (χ2v) is 6.20. The minimum Gasteiger partial charge on any atom is -0.399 e. The Balaban J connectivity index is 2.83. The number of nitrogens with one attached hydrogen (secondary N) is 1. The number of rotatable bonds is 6. The van der Waals surface area contributed by atoms with Crippen LogP contribution in [0, 0.1) is 12.7 Å². The van der Waals surface area contributed by atoms with Crippen LogP contribution in [0.4, 0.5) is 10.1 Å². The van der Waals surface area contributed by atoms with Crippen molar-refractivity contribution in [3.05, 3.63) is 23.5 Å². The average Bonchev–Trinajstić information content (AvgIpc) is 2.29. The van der Waals surface area contributed by atoms with Crippen molar-refractivity contribution in [3.8, 4) is 0 Å². The van der Waals surface area contributed by atoms with Gasteiger partial charge in [-0.05, 0) is 38.5 Å². The number of aryl methyl sites for hydroxylation is 1. The van der Waals surface area contributed by atoms with Crippen molar-refractivity contribution in [2.75, 3.05) is 18.9 Å². The predicted octanol–water partition coefficient (Wildman–Crippen LogP) is 1.42. The number of sulfonamides is 1. The van der Waals surface area contributed by atoms with E-state index in [1.807, 2.05) is 13.8 Å². The highest BCUT2D eigenvalue weighted by Gasteiger charge is 2.20. The number of ether oxygens (including phenoxy) is 1. The zero-order valence-electron chi connectivity index (χ0n) is 11.2. The molecule has 7 heteroatoms. The van der Waals surface area contributed by atoms with E-state index in [-0.39, 0.29) is 30.5 Å². The van der Waals surface area contributed by atoms with Crippen molar-refractivity contribution >= 4 is 15.7 Å². The largest absolute Gasteiger partial charge is 0.399 e. The van der Waals surface area contributed by atoms with E-state index in [2.05, 4.69) is 4.72 Å². The number of nitrogen functional groups attached to an aromatic ring is 1. The summed E-state index contributed by atoms with van der Waals surface area (Å²) in [6, 6.07) is 2.49. The fourth-order valence-electron chi connectivity index (χ4n) is 1.51. The van der Waals surface area contributed by atoms with Crippen LogP contribution < -0.4 is 10.5 Å². The lowest BCUT2D eigenvalue weighted by Crippen LogP contribution is -2.29. The Hall–Kier alpha value is -1.18. The van der Waals surface area contributed by atoms with Crippen LogP contribution in [-0.2, 0) is 14.8 Å². The zero-order valence-corrected chi connectivity index (χ0v) is 12.1. The van der Waals surface area contributed by atoms with E-state index in [1.165, 1.54) is 13.0 Å². The lowest BCUT2D eigenvalue weighted by Gasteiger charge is -2.11. The molecule has 0 aliphatic heterocycles. The van der Waals surface area contributed by atoms with Gasteiger partial charge in [0.15, 0.2) is 0 Å². The molecule has 108 valence electrons. The van der Waals surface area contributed by atoms with Crippen molar-refractivity contribution in [3.63, 3.8) is 0 Å². The molecule has 0 aromatic heterocycles. The first kappa shape index (κ1) is 15.9. The third-order valence-electron chi connectivity index (χ3n) is 2.38. The third kappa shape index (κ3) is 4.45. The van der Waals surface area contributed by atoms with Crippen LogP contribution in [0.3, 0.4) is 0 Å². The number of benzene rings is 1. The first-order chi connectivity index (χ1) is 8.74. The van der Waals surface area contributed by atoms with E-state index in [1.54, 1.807) is 0 Å². The summed E-state index contributed by atoms with van der Waals surface area (Å²) < 4.78 is 45.2. The fraction of sp³-hybridized carbons (Fsp3) is 0.500. The Morgan fingerprint density at radius 1 is 1.42 bits per heavy atom. The second-order valence-electron chi connectivity index (χ2n) is 4.47. The van der Waals surface area contributed by atoms with Crippen LogP contribution in [0.5, 0.6) is 0 Å². The molecule has 0 radical (unpaired) electrons. The maximum absolute atomic E-state index is 13.8. The highest BCUT2D eigenvalue weighted by Crippen LogP contribution is 2.21. The van der Waals surface area contributed by atoms with Gasteiger partial charge >= 0.3 is 0 Å². The van der Waals surface area contributed by atoms with Gasteiger partial charge in [-0.1, -0.05) is 0 Å². The van der Waals surface area contributed by atoms with Gasteiger partial charge in [-0.25, -0.2) is 17.5 Å². The molecule has 1 rings (SSSR count). The standard InChI is InChI=1S/C12H19FN2O3S/c1-8(2)18-5-4-15-19(16,17)11-7-10(14)6-9(3)12(11)13/h6-8,15H,4-5,14H2,1-3H3. The van der Waals surface area contributed by atoms with Crippen LogP contribution in [0.1, 0.15) is 19.4 Å². The van der Waals surface area contributed by atoms with Crippen molar-refractivity contribution in [1.82, 2.24) is 4.72 Å². The monoisotopic (exact) mass is 290 g/mol. The minimum absolute atomic E-state index is 0.0101. The van der Waals surface area contributed by atoms with Crippen LogP contribution in [-0.4, -0.2) is 27.7 Å². The van der Waals surface area contributed by atoms with Gasteiger partial charge in [-0.2, -0.15) is 0 Å². The van der Waals surface area contributed by atoms with Crippen molar-refractivity contribution in [2.45, 2.75) is 31.8 Å². The van der Waals surface area contributed by atoms with Crippen LogP contribution >= 0.6 is 0 Å². The minimum atomic E-state index is -3.92. The predicted molar refractivity (Wildman–Crippen MR) is 71.8 cm³/mol. The molecule has 5 nitrogen and oxygen atoms in total. The molecule has 0 fully saturated rings. The van der Waals surface area contributed by atoms with Gasteiger partial charge in [0, 0.05) is 12.2 Å². The van der Waals surface area contributed by atoms with E-state index in [0.717, 1.165) is 6.07 Å². The summed E-state index contributed by atoms with van der Waals surface area (Å²) in [4.78, 5) is -0.436. The summed E-state index contributed by atoms with van der Waals surface area (Å²) >= 11 is 0. The van der Waals surface area contributed by atoms with E-state index in [0.29, 0.717) is 0 Å². The SMILES string of the molecule is Cc1cc(N)cc(S(=O)(=O)NCCOC(C)C)c1F. The molecule has 0 aliphatic rings. The first-order valence-corrected chi connectivity index (χ1v) is 7.39. The molecule has 0 bridgehead atoms. The molecule has 0 heterocycles. The van der Waals surface area contributed by atoms with Gasteiger partial charge in [0.25, 0.3) is 0 Å². The Morgan fingerprint density at radius 2 is 2.05 bits per heavy atom. The Morgan fingerprint density at radius 3 is 2.63 bits per heavy atom. The Bertz CT molecular complexity index is 544. The first-order valence-electron chi connectivity index (χ1n) is 5.91. The maximum Gasteiger partial charge on any atom is 0.243 e. The highest BCUT2D eigenvalue weighted by atomic mass is 32.2. The van der Waals surface area contributed by atoms with E-state index in [9.17, 15) is 12.8 Å². The molecule has 3 N–H and O–H groups in total. The molecule has 0 unspecified atom stereocenters. The number of anilines is 1. The normalized spacial score (nSPS) is 12.1. The van der Waals surface area contributed by atoms with E-state index in [4.69, 9.17) is 10.5 Å². The molecular formula is C12H19FN2O3S. The molecule has 0 saturated carbocycles. The number of hydrogen-bond donors (Lipinski definition) is 2. The molecule has 1 aromatic carbocycles. The Labute approximate surface area is 113 Å². The summed E-state index contributed by atoms with van der Waals surface area (Å²) in [6.07, 6.45) is 0.0101. The van der Waals surface area contributed by atoms with Crippen LogP contribution in [0.15, 0.2) is 17.0 Å². The average molecular weight is 290 g/mol. The van der Waals surface area contributed by atoms with Gasteiger partial charge in [-0.15, -0.1) is 0 Å². The third-order valence-corrected chi connectivity index (χ3v) is 3.84. The summed E-state index contributed by atoms with van der Waals surface area (Å²) in [5.74, 6) is -0.786. The second kappa shape index (κ2) is 6.31. The van der Waals surface area contributed by atoms with Crippen LogP contribution in [0.2, 0.25) is 0 Å². The van der Waals surface area contributed by atoms with Gasteiger partial charge in [0.05, 0.1) is 12.7 Å². The molecule has 0 saturated heterocycles. The van der Waals surface area contributed by atoms with Gasteiger partial charge in [0.2, 0.25) is 10.0 Å². The van der Waals surface area contributed by atoms with Crippen molar-refractivity contribution < 1.29 is 17.5 Å². The molecule has 1 aromatic rings. The molecule has 0 spiro atoms. The quantitative estimate of drug-likeness (QED) is 0.613. The van der Waals surface area contributed by atoms with Gasteiger partial charge < -0.3 is 10.5 Å². The molecule has 0 atom stereocenters.